The number of nitrogens with one attached hydrogen (secondary N) is 2. The molecule has 2 N–H and O–H groups in total. The van der Waals surface area contributed by atoms with E-state index in [-0.39, 0.29) is 4.90 Å². The van der Waals surface area contributed by atoms with Crippen LogP contribution < -0.4 is 5.32 Å². The van der Waals surface area contributed by atoms with Gasteiger partial charge in [-0.25, -0.2) is 13.4 Å². The Hall–Kier alpha value is -2.98. The third-order valence-corrected chi connectivity index (χ3v) is 6.33. The van der Waals surface area contributed by atoms with Crippen molar-refractivity contribution in [2.45, 2.75) is 23.8 Å². The largest absolute Gasteiger partial charge is 0.381 e. The molecule has 150 valence electrons. The monoisotopic (exact) mass is 412 g/mol. The number of aromatic amines is 1. The summed E-state index contributed by atoms with van der Waals surface area (Å²) in [5.74, 6) is 0.614. The van der Waals surface area contributed by atoms with E-state index in [4.69, 9.17) is 4.74 Å². The Balaban J connectivity index is 1.53. The molecule has 1 fully saturated rings. The highest BCUT2D eigenvalue weighted by Crippen LogP contribution is 2.31. The third kappa shape index (κ3) is 3.34. The maximum Gasteiger partial charge on any atom is 0.175 e. The minimum absolute atomic E-state index is 0.257. The minimum atomic E-state index is -3.31. The summed E-state index contributed by atoms with van der Waals surface area (Å²) in [6.45, 7) is 1.51. The molecule has 5 rings (SSSR count). The smallest absolute Gasteiger partial charge is 0.175 e. The maximum atomic E-state index is 11.9. The van der Waals surface area contributed by atoms with Gasteiger partial charge in [0.1, 0.15) is 5.52 Å². The molecule has 1 aliphatic heterocycles. The van der Waals surface area contributed by atoms with E-state index in [2.05, 4.69) is 25.6 Å². The van der Waals surface area contributed by atoms with Crippen molar-refractivity contribution in [2.75, 3.05) is 24.8 Å². The molecule has 4 aromatic rings. The zero-order valence-corrected chi connectivity index (χ0v) is 16.6. The summed E-state index contributed by atoms with van der Waals surface area (Å²) in [4.78, 5) is 4.94. The molecule has 0 saturated carbocycles. The van der Waals surface area contributed by atoms with E-state index in [1.807, 2.05) is 10.9 Å². The number of fused-ring (bicyclic) bond motifs is 3. The molecule has 1 saturated heterocycles. The Morgan fingerprint density at radius 1 is 1.21 bits per heavy atom. The van der Waals surface area contributed by atoms with Crippen molar-refractivity contribution >= 4 is 43.1 Å². The minimum Gasteiger partial charge on any atom is -0.381 e. The molecular weight excluding hydrogens is 392 g/mol. The first-order chi connectivity index (χ1) is 14.0. The second kappa shape index (κ2) is 6.82. The Morgan fingerprint density at radius 3 is 2.83 bits per heavy atom. The summed E-state index contributed by atoms with van der Waals surface area (Å²) in [5.41, 5.74) is 2.22. The molecule has 3 aromatic heterocycles. The quantitative estimate of drug-likeness (QED) is 0.530. The van der Waals surface area contributed by atoms with Crippen LogP contribution in [0.15, 0.2) is 41.7 Å². The van der Waals surface area contributed by atoms with Gasteiger partial charge in [-0.3, -0.25) is 9.78 Å². The van der Waals surface area contributed by atoms with Crippen LogP contribution in [0.3, 0.4) is 0 Å². The number of H-pyrrole nitrogens is 1. The number of nitrogens with zero attached hydrogens (tertiary/aromatic N) is 4. The summed E-state index contributed by atoms with van der Waals surface area (Å²) in [7, 11) is -3.31. The molecule has 0 bridgehead atoms. The topological polar surface area (TPSA) is 115 Å². The molecule has 0 aliphatic carbocycles. The molecule has 0 amide bonds. The number of ether oxygens (including phenoxy) is 1. The number of pyridine rings is 1. The van der Waals surface area contributed by atoms with Gasteiger partial charge in [-0.15, -0.1) is 0 Å². The second-order valence-corrected chi connectivity index (χ2v) is 9.26. The highest BCUT2D eigenvalue weighted by molar-refractivity contribution is 7.90. The van der Waals surface area contributed by atoms with Crippen LogP contribution >= 0.6 is 0 Å². The molecule has 0 unspecified atom stereocenters. The number of sulfone groups is 1. The van der Waals surface area contributed by atoms with Crippen LogP contribution in [0.5, 0.6) is 0 Å². The number of aromatic nitrogens is 5. The van der Waals surface area contributed by atoms with Crippen molar-refractivity contribution in [2.24, 2.45) is 0 Å². The van der Waals surface area contributed by atoms with Gasteiger partial charge < -0.3 is 10.1 Å². The van der Waals surface area contributed by atoms with Crippen molar-refractivity contribution in [1.29, 1.82) is 0 Å². The summed E-state index contributed by atoms with van der Waals surface area (Å²) < 4.78 is 31.2. The number of anilines is 2. The summed E-state index contributed by atoms with van der Waals surface area (Å²) in [5, 5.41) is 16.4. The Morgan fingerprint density at radius 2 is 2.03 bits per heavy atom. The predicted octanol–water partition coefficient (Wildman–Crippen LogP) is 2.81. The highest BCUT2D eigenvalue weighted by Gasteiger charge is 2.18. The first-order valence-electron chi connectivity index (χ1n) is 9.35. The van der Waals surface area contributed by atoms with Gasteiger partial charge in [0, 0.05) is 36.4 Å². The van der Waals surface area contributed by atoms with Crippen molar-refractivity contribution in [3.05, 3.63) is 36.8 Å². The van der Waals surface area contributed by atoms with E-state index in [0.29, 0.717) is 22.9 Å². The van der Waals surface area contributed by atoms with Crippen LogP contribution in [-0.2, 0) is 14.6 Å². The summed E-state index contributed by atoms with van der Waals surface area (Å²) >= 11 is 0. The lowest BCUT2D eigenvalue weighted by atomic mass is 10.1. The fourth-order valence-electron chi connectivity index (χ4n) is 3.69. The van der Waals surface area contributed by atoms with Crippen LogP contribution in [0.1, 0.15) is 18.9 Å². The van der Waals surface area contributed by atoms with Crippen molar-refractivity contribution in [1.82, 2.24) is 25.0 Å². The number of benzene rings is 1. The second-order valence-electron chi connectivity index (χ2n) is 7.25. The number of hydrogen-bond donors (Lipinski definition) is 2. The van der Waals surface area contributed by atoms with Gasteiger partial charge in [0.2, 0.25) is 0 Å². The number of rotatable bonds is 4. The van der Waals surface area contributed by atoms with Gasteiger partial charge in [0.25, 0.3) is 0 Å². The van der Waals surface area contributed by atoms with Crippen LogP contribution in [0.4, 0.5) is 11.5 Å². The summed E-state index contributed by atoms with van der Waals surface area (Å²) in [6, 6.07) is 5.27. The van der Waals surface area contributed by atoms with Crippen molar-refractivity contribution in [3.8, 4) is 0 Å². The van der Waals surface area contributed by atoms with Gasteiger partial charge in [0.15, 0.2) is 15.7 Å². The van der Waals surface area contributed by atoms with Gasteiger partial charge in [-0.2, -0.15) is 10.2 Å². The van der Waals surface area contributed by atoms with Gasteiger partial charge in [-0.1, -0.05) is 0 Å². The number of hydrogen-bond acceptors (Lipinski definition) is 7. The average Bonchev–Trinajstić information content (AvgIpc) is 3.38. The van der Waals surface area contributed by atoms with Crippen molar-refractivity contribution < 1.29 is 13.2 Å². The average molecular weight is 412 g/mol. The first-order valence-corrected chi connectivity index (χ1v) is 11.2. The van der Waals surface area contributed by atoms with Gasteiger partial charge in [-0.05, 0) is 31.0 Å². The maximum absolute atomic E-state index is 11.9. The van der Waals surface area contributed by atoms with Crippen LogP contribution in [-0.4, -0.2) is 52.8 Å². The lowest BCUT2D eigenvalue weighted by molar-refractivity contribution is 0.0662. The standard InChI is InChI=1S/C19H20N6O3S/c1-29(26,27)14-2-3-17-15(8-14)16-10-20-24-18(16)19(23-17)22-12-9-21-25(11-12)13-4-6-28-7-5-13/h2-3,8-11,13H,4-7H2,1H3,(H,20,24)(H,22,23). The van der Waals surface area contributed by atoms with E-state index in [0.717, 1.165) is 42.5 Å². The van der Waals surface area contributed by atoms with Crippen molar-refractivity contribution in [3.63, 3.8) is 0 Å². The van der Waals surface area contributed by atoms with Gasteiger partial charge in [0.05, 0.1) is 34.5 Å². The van der Waals surface area contributed by atoms with E-state index in [9.17, 15) is 8.42 Å². The molecule has 0 spiro atoms. The van der Waals surface area contributed by atoms with E-state index in [1.54, 1.807) is 30.6 Å². The zero-order chi connectivity index (χ0) is 20.0. The Bertz CT molecular complexity index is 1300. The zero-order valence-electron chi connectivity index (χ0n) is 15.8. The highest BCUT2D eigenvalue weighted by atomic mass is 32.2. The molecule has 4 heterocycles. The molecular formula is C19H20N6O3S. The molecule has 9 nitrogen and oxygen atoms in total. The first kappa shape index (κ1) is 18.1. The lowest BCUT2D eigenvalue weighted by Crippen LogP contribution is -2.19. The molecule has 1 aliphatic rings. The molecule has 1 aromatic carbocycles. The molecule has 10 heteroatoms. The van der Waals surface area contributed by atoms with E-state index >= 15 is 0 Å². The fraction of sp³-hybridized carbons (Fsp3) is 0.316. The van der Waals surface area contributed by atoms with Crippen LogP contribution in [0.25, 0.3) is 21.8 Å². The van der Waals surface area contributed by atoms with Crippen LogP contribution in [0.2, 0.25) is 0 Å². The molecule has 0 atom stereocenters. The Kier molecular flexibility index (Phi) is 4.25. The predicted molar refractivity (Wildman–Crippen MR) is 109 cm³/mol. The fourth-order valence-corrected chi connectivity index (χ4v) is 4.33. The van der Waals surface area contributed by atoms with Crippen LogP contribution in [0, 0.1) is 0 Å². The van der Waals surface area contributed by atoms with Gasteiger partial charge >= 0.3 is 0 Å². The normalized spacial score (nSPS) is 15.9. The lowest BCUT2D eigenvalue weighted by Gasteiger charge is -2.22. The van der Waals surface area contributed by atoms with E-state index in [1.165, 1.54) is 6.26 Å². The van der Waals surface area contributed by atoms with E-state index < -0.39 is 9.84 Å². The molecule has 0 radical (unpaired) electrons. The molecule has 29 heavy (non-hydrogen) atoms. The SMILES string of the molecule is CS(=O)(=O)c1ccc2nc(Nc3cnn(C4CCOCC4)c3)c3[nH]ncc3c2c1. The third-order valence-electron chi connectivity index (χ3n) is 5.22. The Labute approximate surface area is 167 Å². The summed E-state index contributed by atoms with van der Waals surface area (Å²) in [6.07, 6.45) is 8.51.